The first-order chi connectivity index (χ1) is 13.6. The van der Waals surface area contributed by atoms with Crippen molar-refractivity contribution in [2.75, 3.05) is 13.2 Å². The van der Waals surface area contributed by atoms with Gasteiger partial charge in [0.2, 0.25) is 0 Å². The van der Waals surface area contributed by atoms with Crippen LogP contribution >= 0.6 is 0 Å². The highest BCUT2D eigenvalue weighted by Crippen LogP contribution is 2.45. The Hall–Kier alpha value is -3.80. The third-order valence-corrected chi connectivity index (χ3v) is 4.00. The number of ether oxygens (including phenoxy) is 2. The summed E-state index contributed by atoms with van der Waals surface area (Å²) >= 11 is 0. The Kier molecular flexibility index (Phi) is 5.91. The second-order valence-corrected chi connectivity index (χ2v) is 6.06. The summed E-state index contributed by atoms with van der Waals surface area (Å²) < 4.78 is 11.3. The average molecular weight is 376 g/mol. The van der Waals surface area contributed by atoms with Crippen LogP contribution in [0.3, 0.4) is 0 Å². The van der Waals surface area contributed by atoms with E-state index in [0.29, 0.717) is 11.5 Å². The highest BCUT2D eigenvalue weighted by Gasteiger charge is 2.20. The maximum absolute atomic E-state index is 11.3. The molecular weight excluding hydrogens is 356 g/mol. The van der Waals surface area contributed by atoms with E-state index in [1.54, 1.807) is 6.07 Å². The molecule has 0 radical (unpaired) electrons. The Balaban J connectivity index is 2.22. The predicted octanol–water partition coefficient (Wildman–Crippen LogP) is 2.75. The highest BCUT2D eigenvalue weighted by molar-refractivity contribution is 5.90. The number of hydrogen-bond acceptors (Lipinski definition) is 4. The molecule has 0 aliphatic heterocycles. The summed E-state index contributed by atoms with van der Waals surface area (Å²) in [5.74, 6) is -0.606. The van der Waals surface area contributed by atoms with Crippen LogP contribution in [0.1, 0.15) is 0 Å². The normalized spacial score (nSPS) is 10.3. The third-order valence-electron chi connectivity index (χ3n) is 4.00. The lowest BCUT2D eigenvalue weighted by molar-refractivity contribution is -0.121. The SMILES string of the molecule is NC(=O)COc1ccc(-c2ccccc2)c(-c2ccccc2)c1OCC(N)=O. The van der Waals surface area contributed by atoms with E-state index in [-0.39, 0.29) is 13.2 Å². The van der Waals surface area contributed by atoms with Gasteiger partial charge in [0, 0.05) is 5.56 Å². The Labute approximate surface area is 162 Å². The first-order valence-corrected chi connectivity index (χ1v) is 8.66. The van der Waals surface area contributed by atoms with Gasteiger partial charge in [-0.2, -0.15) is 0 Å². The van der Waals surface area contributed by atoms with E-state index in [0.717, 1.165) is 22.3 Å². The Morgan fingerprint density at radius 2 is 1.21 bits per heavy atom. The van der Waals surface area contributed by atoms with E-state index in [2.05, 4.69) is 0 Å². The first-order valence-electron chi connectivity index (χ1n) is 8.66. The van der Waals surface area contributed by atoms with Crippen molar-refractivity contribution in [3.05, 3.63) is 72.8 Å². The monoisotopic (exact) mass is 376 g/mol. The van der Waals surface area contributed by atoms with Crippen molar-refractivity contribution < 1.29 is 19.1 Å². The molecule has 4 N–H and O–H groups in total. The van der Waals surface area contributed by atoms with E-state index in [4.69, 9.17) is 20.9 Å². The zero-order valence-corrected chi connectivity index (χ0v) is 15.1. The van der Waals surface area contributed by atoms with Crippen molar-refractivity contribution in [2.24, 2.45) is 11.5 Å². The number of amides is 2. The summed E-state index contributed by atoms with van der Waals surface area (Å²) in [4.78, 5) is 22.5. The number of hydrogen-bond donors (Lipinski definition) is 2. The van der Waals surface area contributed by atoms with Crippen LogP contribution in [0, 0.1) is 0 Å². The molecule has 6 nitrogen and oxygen atoms in total. The number of rotatable bonds is 8. The van der Waals surface area contributed by atoms with E-state index in [1.807, 2.05) is 66.7 Å². The average Bonchev–Trinajstić information content (AvgIpc) is 2.71. The van der Waals surface area contributed by atoms with Crippen molar-refractivity contribution >= 4 is 11.8 Å². The van der Waals surface area contributed by atoms with Gasteiger partial charge in [0.1, 0.15) is 0 Å². The molecule has 0 aliphatic carbocycles. The summed E-state index contributed by atoms with van der Waals surface area (Å²) in [6.45, 7) is -0.642. The molecule has 3 aromatic carbocycles. The molecule has 0 fully saturated rings. The smallest absolute Gasteiger partial charge is 0.255 e. The molecule has 0 atom stereocenters. The number of benzene rings is 3. The molecule has 28 heavy (non-hydrogen) atoms. The van der Waals surface area contributed by atoms with Gasteiger partial charge in [-0.25, -0.2) is 0 Å². The fourth-order valence-electron chi connectivity index (χ4n) is 2.86. The van der Waals surface area contributed by atoms with Crippen LogP contribution in [0.4, 0.5) is 0 Å². The van der Waals surface area contributed by atoms with E-state index < -0.39 is 11.8 Å². The Bertz CT molecular complexity index is 973. The molecule has 3 aromatic rings. The highest BCUT2D eigenvalue weighted by atomic mass is 16.5. The van der Waals surface area contributed by atoms with Gasteiger partial charge >= 0.3 is 0 Å². The minimum Gasteiger partial charge on any atom is -0.480 e. The van der Waals surface area contributed by atoms with Gasteiger partial charge in [0.25, 0.3) is 11.8 Å². The maximum Gasteiger partial charge on any atom is 0.255 e. The van der Waals surface area contributed by atoms with Crippen LogP contribution in [0.15, 0.2) is 72.8 Å². The van der Waals surface area contributed by atoms with Crippen LogP contribution in [0.25, 0.3) is 22.3 Å². The second kappa shape index (κ2) is 8.73. The number of carbonyl (C=O) groups is 2. The van der Waals surface area contributed by atoms with Crippen LogP contribution in [0.2, 0.25) is 0 Å². The van der Waals surface area contributed by atoms with Crippen molar-refractivity contribution in [1.29, 1.82) is 0 Å². The zero-order valence-electron chi connectivity index (χ0n) is 15.1. The molecule has 6 heteroatoms. The van der Waals surface area contributed by atoms with Crippen molar-refractivity contribution in [3.63, 3.8) is 0 Å². The van der Waals surface area contributed by atoms with Crippen LogP contribution in [0.5, 0.6) is 11.5 Å². The Morgan fingerprint density at radius 3 is 1.79 bits per heavy atom. The lowest BCUT2D eigenvalue weighted by Gasteiger charge is -2.19. The molecule has 0 aliphatic rings. The van der Waals surface area contributed by atoms with E-state index >= 15 is 0 Å². The van der Waals surface area contributed by atoms with Crippen LogP contribution in [-0.2, 0) is 9.59 Å². The summed E-state index contributed by atoms with van der Waals surface area (Å²) in [5, 5.41) is 0. The first kappa shape index (κ1) is 19.0. The van der Waals surface area contributed by atoms with Gasteiger partial charge in [-0.1, -0.05) is 60.7 Å². The Morgan fingerprint density at radius 1 is 0.679 bits per heavy atom. The zero-order chi connectivity index (χ0) is 19.9. The molecule has 142 valence electrons. The third kappa shape index (κ3) is 4.48. The molecule has 0 unspecified atom stereocenters. The number of nitrogens with two attached hydrogens (primary N) is 2. The quantitative estimate of drug-likeness (QED) is 0.631. The largest absolute Gasteiger partial charge is 0.480 e. The van der Waals surface area contributed by atoms with Gasteiger partial charge < -0.3 is 20.9 Å². The summed E-state index contributed by atoms with van der Waals surface area (Å²) in [7, 11) is 0. The summed E-state index contributed by atoms with van der Waals surface area (Å²) in [5.41, 5.74) is 13.9. The lowest BCUT2D eigenvalue weighted by atomic mass is 9.93. The van der Waals surface area contributed by atoms with Crippen molar-refractivity contribution in [2.45, 2.75) is 0 Å². The topological polar surface area (TPSA) is 105 Å². The molecule has 0 saturated carbocycles. The molecule has 0 heterocycles. The number of primary amides is 2. The minimum absolute atomic E-state index is 0.304. The molecule has 0 saturated heterocycles. The van der Waals surface area contributed by atoms with Gasteiger partial charge in [0.05, 0.1) is 0 Å². The fourth-order valence-corrected chi connectivity index (χ4v) is 2.86. The molecule has 0 aromatic heterocycles. The molecule has 2 amide bonds. The molecule has 0 bridgehead atoms. The van der Waals surface area contributed by atoms with Gasteiger partial charge in [0.15, 0.2) is 24.7 Å². The van der Waals surface area contributed by atoms with Crippen molar-refractivity contribution in [3.8, 4) is 33.8 Å². The fraction of sp³-hybridized carbons (Fsp3) is 0.0909. The predicted molar refractivity (Wildman–Crippen MR) is 107 cm³/mol. The standard InChI is InChI=1S/C22H20N2O4/c23-19(25)13-27-18-12-11-17(15-7-3-1-4-8-15)21(16-9-5-2-6-10-16)22(18)28-14-20(24)26/h1-12H,13-14H2,(H2,23,25)(H2,24,26). The van der Waals surface area contributed by atoms with Crippen LogP contribution < -0.4 is 20.9 Å². The van der Waals surface area contributed by atoms with Crippen LogP contribution in [-0.4, -0.2) is 25.0 Å². The lowest BCUT2D eigenvalue weighted by Crippen LogP contribution is -2.22. The molecule has 0 spiro atoms. The summed E-state index contributed by atoms with van der Waals surface area (Å²) in [6.07, 6.45) is 0. The van der Waals surface area contributed by atoms with E-state index in [1.165, 1.54) is 0 Å². The van der Waals surface area contributed by atoms with E-state index in [9.17, 15) is 9.59 Å². The van der Waals surface area contributed by atoms with Gasteiger partial charge in [-0.3, -0.25) is 9.59 Å². The molecule has 3 rings (SSSR count). The van der Waals surface area contributed by atoms with Gasteiger partial charge in [-0.15, -0.1) is 0 Å². The maximum atomic E-state index is 11.3. The minimum atomic E-state index is -0.620. The summed E-state index contributed by atoms with van der Waals surface area (Å²) in [6, 6.07) is 22.9. The van der Waals surface area contributed by atoms with Gasteiger partial charge in [-0.05, 0) is 28.8 Å². The van der Waals surface area contributed by atoms with Crippen molar-refractivity contribution in [1.82, 2.24) is 0 Å². The number of carbonyl (C=O) groups excluding carboxylic acids is 2. The molecular formula is C22H20N2O4. The second-order valence-electron chi connectivity index (χ2n) is 6.06.